The Kier molecular flexibility index (Phi) is 9.74. The Bertz CT molecular complexity index is 332. The van der Waals surface area contributed by atoms with E-state index in [9.17, 15) is 0 Å². The zero-order valence-corrected chi connectivity index (χ0v) is 15.7. The summed E-state index contributed by atoms with van der Waals surface area (Å²) in [5.74, 6) is 0. The van der Waals surface area contributed by atoms with Gasteiger partial charge >= 0.3 is 0 Å². The number of thiol groups is 1. The average Bonchev–Trinajstić information content (AvgIpc) is 2.60. The summed E-state index contributed by atoms with van der Waals surface area (Å²) < 4.78 is 0. The lowest BCUT2D eigenvalue weighted by Gasteiger charge is -2.28. The molecular formula is C15H32N6S2. The summed E-state index contributed by atoms with van der Waals surface area (Å²) in [6.45, 7) is 13.9. The van der Waals surface area contributed by atoms with Crippen LogP contribution in [0.25, 0.3) is 0 Å². The highest BCUT2D eigenvalue weighted by Gasteiger charge is 2.12. The quantitative estimate of drug-likeness (QED) is 0.197. The van der Waals surface area contributed by atoms with Gasteiger partial charge in [0, 0.05) is 85.1 Å². The first-order chi connectivity index (χ1) is 11.3. The maximum atomic E-state index is 5.44. The van der Waals surface area contributed by atoms with Crippen molar-refractivity contribution in [3.8, 4) is 0 Å². The zero-order valence-electron chi connectivity index (χ0n) is 14.0. The van der Waals surface area contributed by atoms with Gasteiger partial charge in [-0.3, -0.25) is 9.80 Å². The van der Waals surface area contributed by atoms with Crippen molar-refractivity contribution in [3.05, 3.63) is 0 Å². The molecule has 2 aliphatic rings. The van der Waals surface area contributed by atoms with E-state index >= 15 is 0 Å². The van der Waals surface area contributed by atoms with Crippen LogP contribution in [0.15, 0.2) is 0 Å². The van der Waals surface area contributed by atoms with Gasteiger partial charge in [0.05, 0.1) is 10.2 Å². The van der Waals surface area contributed by atoms with Crippen LogP contribution in [0.3, 0.4) is 0 Å². The molecule has 1 atom stereocenters. The number of hydrogen-bond donors (Lipinski definition) is 5. The molecule has 0 aromatic heterocycles. The van der Waals surface area contributed by atoms with Crippen molar-refractivity contribution in [2.24, 2.45) is 0 Å². The number of nitrogens with zero attached hydrogens (tertiary/aromatic N) is 2. The Hall–Kier alpha value is 0.0400. The van der Waals surface area contributed by atoms with Gasteiger partial charge in [0.25, 0.3) is 0 Å². The molecule has 23 heavy (non-hydrogen) atoms. The van der Waals surface area contributed by atoms with Crippen LogP contribution in [0.1, 0.15) is 0 Å². The molecule has 134 valence electrons. The molecule has 2 saturated heterocycles. The van der Waals surface area contributed by atoms with Gasteiger partial charge in [-0.2, -0.15) is 12.6 Å². The van der Waals surface area contributed by atoms with Crippen molar-refractivity contribution in [1.82, 2.24) is 31.1 Å². The van der Waals surface area contributed by atoms with Gasteiger partial charge < -0.3 is 21.3 Å². The highest BCUT2D eigenvalue weighted by atomic mass is 32.1. The van der Waals surface area contributed by atoms with Crippen LogP contribution in [0.5, 0.6) is 0 Å². The van der Waals surface area contributed by atoms with Crippen LogP contribution in [0.2, 0.25) is 0 Å². The number of nitrogens with one attached hydrogen (secondary N) is 4. The van der Waals surface area contributed by atoms with E-state index in [1.807, 2.05) is 0 Å². The van der Waals surface area contributed by atoms with E-state index in [1.54, 1.807) is 0 Å². The van der Waals surface area contributed by atoms with E-state index < -0.39 is 0 Å². The number of piperazine rings is 2. The Morgan fingerprint density at radius 1 is 0.957 bits per heavy atom. The molecule has 0 aromatic carbocycles. The van der Waals surface area contributed by atoms with Gasteiger partial charge in [-0.15, -0.1) is 0 Å². The smallest absolute Gasteiger partial charge is 0.0896 e. The minimum Gasteiger partial charge on any atom is -0.377 e. The first kappa shape index (κ1) is 19.4. The van der Waals surface area contributed by atoms with Crippen molar-refractivity contribution < 1.29 is 0 Å². The Morgan fingerprint density at radius 2 is 1.48 bits per heavy atom. The first-order valence-corrected chi connectivity index (χ1v) is 9.71. The summed E-state index contributed by atoms with van der Waals surface area (Å²) >= 11 is 10.1. The molecule has 8 heteroatoms. The van der Waals surface area contributed by atoms with Crippen LogP contribution < -0.4 is 21.3 Å². The summed E-state index contributed by atoms with van der Waals surface area (Å²) in [5.41, 5.74) is 0. The third kappa shape index (κ3) is 8.11. The summed E-state index contributed by atoms with van der Waals surface area (Å²) in [4.78, 5) is 5.81. The van der Waals surface area contributed by atoms with Gasteiger partial charge in [0.15, 0.2) is 0 Å². The van der Waals surface area contributed by atoms with Crippen molar-refractivity contribution >= 4 is 29.8 Å². The SMILES string of the molecule is S=C(NCCN1CCNCC1)[C@@H](S)CNCCN1CCNCC1. The zero-order chi connectivity index (χ0) is 16.3. The van der Waals surface area contributed by atoms with Gasteiger partial charge in [-0.05, 0) is 0 Å². The largest absolute Gasteiger partial charge is 0.377 e. The molecule has 4 N–H and O–H groups in total. The lowest BCUT2D eigenvalue weighted by atomic mass is 10.3. The minimum atomic E-state index is 0.0936. The lowest BCUT2D eigenvalue weighted by Crippen LogP contribution is -2.47. The topological polar surface area (TPSA) is 54.6 Å². The number of hydrogen-bond acceptors (Lipinski definition) is 7. The molecule has 0 unspecified atom stereocenters. The second-order valence-electron chi connectivity index (χ2n) is 6.19. The molecule has 0 spiro atoms. The van der Waals surface area contributed by atoms with Crippen molar-refractivity contribution in [3.63, 3.8) is 0 Å². The fourth-order valence-corrected chi connectivity index (χ4v) is 3.30. The summed E-state index contributed by atoms with van der Waals surface area (Å²) in [6, 6.07) is 0. The van der Waals surface area contributed by atoms with E-state index in [0.29, 0.717) is 0 Å². The molecule has 6 nitrogen and oxygen atoms in total. The minimum absolute atomic E-state index is 0.0936. The highest BCUT2D eigenvalue weighted by molar-refractivity contribution is 7.86. The summed E-state index contributed by atoms with van der Waals surface area (Å²) in [5, 5.41) is 13.7. The van der Waals surface area contributed by atoms with Gasteiger partial charge in [0.2, 0.25) is 0 Å². The molecule has 0 amide bonds. The highest BCUT2D eigenvalue weighted by Crippen LogP contribution is 1.97. The second kappa shape index (κ2) is 11.6. The van der Waals surface area contributed by atoms with Gasteiger partial charge in [-0.25, -0.2) is 0 Å². The monoisotopic (exact) mass is 360 g/mol. The van der Waals surface area contributed by atoms with Gasteiger partial charge in [0.1, 0.15) is 0 Å². The molecule has 0 saturated carbocycles. The standard InChI is InChI=1S/C15H32N6S2/c22-14(13-18-5-11-20-7-1-16-2-8-20)15(23)19-6-12-21-9-3-17-4-10-21/h14,16-18,22H,1-13H2,(H,19,23)/t14-/m0/s1. The molecule has 0 aromatic rings. The molecule has 0 aliphatic carbocycles. The fraction of sp³-hybridized carbons (Fsp3) is 0.933. The van der Waals surface area contributed by atoms with Crippen LogP contribution in [0.4, 0.5) is 0 Å². The van der Waals surface area contributed by atoms with E-state index in [1.165, 1.54) is 0 Å². The Labute approximate surface area is 151 Å². The summed E-state index contributed by atoms with van der Waals surface area (Å²) in [6.07, 6.45) is 0. The number of rotatable bonds is 9. The van der Waals surface area contributed by atoms with Crippen LogP contribution >= 0.6 is 24.8 Å². The predicted molar refractivity (Wildman–Crippen MR) is 105 cm³/mol. The van der Waals surface area contributed by atoms with Crippen LogP contribution in [-0.4, -0.2) is 105 Å². The predicted octanol–water partition coefficient (Wildman–Crippen LogP) is -1.40. The maximum Gasteiger partial charge on any atom is 0.0896 e. The molecule has 2 aliphatic heterocycles. The third-order valence-corrected chi connectivity index (χ3v) is 5.44. The van der Waals surface area contributed by atoms with Crippen LogP contribution in [-0.2, 0) is 0 Å². The normalized spacial score (nSPS) is 22.0. The summed E-state index contributed by atoms with van der Waals surface area (Å²) in [7, 11) is 0. The second-order valence-corrected chi connectivity index (χ2v) is 7.26. The molecule has 2 rings (SSSR count). The van der Waals surface area contributed by atoms with Crippen molar-refractivity contribution in [1.29, 1.82) is 0 Å². The molecule has 2 heterocycles. The van der Waals surface area contributed by atoms with Gasteiger partial charge in [-0.1, -0.05) is 12.2 Å². The molecule has 0 radical (unpaired) electrons. The maximum absolute atomic E-state index is 5.44. The first-order valence-electron chi connectivity index (χ1n) is 8.78. The third-order valence-electron chi connectivity index (χ3n) is 4.39. The van der Waals surface area contributed by atoms with Crippen molar-refractivity contribution in [2.45, 2.75) is 5.25 Å². The molecule has 0 bridgehead atoms. The lowest BCUT2D eigenvalue weighted by molar-refractivity contribution is 0.241. The van der Waals surface area contributed by atoms with Crippen LogP contribution in [0, 0.1) is 0 Å². The Balaban J connectivity index is 1.47. The van der Waals surface area contributed by atoms with E-state index in [4.69, 9.17) is 12.2 Å². The van der Waals surface area contributed by atoms with E-state index in [-0.39, 0.29) is 5.25 Å². The Morgan fingerprint density at radius 3 is 2.04 bits per heavy atom. The molecular weight excluding hydrogens is 328 g/mol. The molecule has 2 fully saturated rings. The fourth-order valence-electron chi connectivity index (χ4n) is 2.89. The average molecular weight is 361 g/mol. The van der Waals surface area contributed by atoms with E-state index in [2.05, 4.69) is 43.7 Å². The number of thiocarbonyl (C=S) groups is 1. The van der Waals surface area contributed by atoms with E-state index in [0.717, 1.165) is 90.1 Å². The van der Waals surface area contributed by atoms with Crippen molar-refractivity contribution in [2.75, 3.05) is 85.1 Å².